The van der Waals surface area contributed by atoms with E-state index < -0.39 is 9.84 Å². The van der Waals surface area contributed by atoms with Crippen LogP contribution >= 0.6 is 57.9 Å². The van der Waals surface area contributed by atoms with E-state index >= 15 is 0 Å². The molecule has 110 valence electrons. The topological polar surface area (TPSA) is 59.5 Å². The second-order valence-corrected chi connectivity index (χ2v) is 8.41. The molecular formula is C10H15ClI2N2O3S. The van der Waals surface area contributed by atoms with Gasteiger partial charge >= 0.3 is 0 Å². The molecule has 0 fully saturated rings. The lowest BCUT2D eigenvalue weighted by atomic mass is 10.3. The Balaban J connectivity index is 0.00000324. The molecule has 0 aromatic carbocycles. The lowest BCUT2D eigenvalue weighted by molar-refractivity contribution is 0.394. The second kappa shape index (κ2) is 8.67. The van der Waals surface area contributed by atoms with Gasteiger partial charge in [0.05, 0.1) is 35.7 Å². The smallest absolute Gasteiger partial charge is 0.216 e. The maximum atomic E-state index is 11.9. The first-order chi connectivity index (χ1) is 8.44. The number of hydrogen-bond donors (Lipinski definition) is 0. The molecular weight excluding hydrogens is 517 g/mol. The van der Waals surface area contributed by atoms with Crippen LogP contribution in [0.5, 0.6) is 5.88 Å². The number of pyridine rings is 1. The van der Waals surface area contributed by atoms with E-state index in [-0.39, 0.29) is 21.2 Å². The first-order valence-electron chi connectivity index (χ1n) is 5.22. The van der Waals surface area contributed by atoms with Crippen molar-refractivity contribution in [3.05, 3.63) is 12.1 Å². The quantitative estimate of drug-likeness (QED) is 0.320. The summed E-state index contributed by atoms with van der Waals surface area (Å²) in [5.41, 5.74) is 0.785. The summed E-state index contributed by atoms with van der Waals surface area (Å²) in [7, 11) is -1.86. The van der Waals surface area contributed by atoms with Gasteiger partial charge in [-0.2, -0.15) is 0 Å². The highest BCUT2D eigenvalue weighted by molar-refractivity contribution is 14.1. The molecule has 1 heterocycles. The fourth-order valence-electron chi connectivity index (χ4n) is 1.25. The number of hydrogen-bond acceptors (Lipinski definition) is 5. The third-order valence-corrected chi connectivity index (χ3v) is 6.77. The minimum atomic E-state index is -3.34. The Kier molecular flexibility index (Phi) is 8.88. The summed E-state index contributed by atoms with van der Waals surface area (Å²) in [4.78, 5) is 3.99. The Bertz CT molecular complexity index is 513. The predicted octanol–water partition coefficient (Wildman–Crippen LogP) is 3.24. The molecule has 0 amide bonds. The van der Waals surface area contributed by atoms with Crippen molar-refractivity contribution < 1.29 is 13.2 Å². The highest BCUT2D eigenvalue weighted by Crippen LogP contribution is 2.26. The van der Waals surface area contributed by atoms with Gasteiger partial charge in [0.25, 0.3) is 0 Å². The maximum Gasteiger partial charge on any atom is 0.216 e. The number of ether oxygens (including phenoxy) is 1. The van der Waals surface area contributed by atoms with E-state index in [1.165, 1.54) is 7.11 Å². The Morgan fingerprint density at radius 2 is 2.05 bits per heavy atom. The molecule has 1 aromatic rings. The van der Waals surface area contributed by atoms with Gasteiger partial charge in [0.15, 0.2) is 5.03 Å². The van der Waals surface area contributed by atoms with Gasteiger partial charge in [-0.3, -0.25) is 0 Å². The minimum Gasteiger partial charge on any atom is -0.481 e. The molecule has 0 unspecified atom stereocenters. The molecule has 1 aromatic heterocycles. The zero-order valence-electron chi connectivity index (χ0n) is 10.5. The summed E-state index contributed by atoms with van der Waals surface area (Å²) in [6, 6.07) is 3.31. The number of anilines is 1. The monoisotopic (exact) mass is 532 g/mol. The Hall–Kier alpha value is 0.450. The van der Waals surface area contributed by atoms with Crippen LogP contribution in [0.1, 0.15) is 13.3 Å². The molecule has 0 saturated heterocycles. The minimum absolute atomic E-state index is 0. The van der Waals surface area contributed by atoms with Gasteiger partial charge in [-0.25, -0.2) is 13.4 Å². The lowest BCUT2D eigenvalue weighted by Gasteiger charge is -2.17. The van der Waals surface area contributed by atoms with Crippen LogP contribution in [0.4, 0.5) is 5.69 Å². The zero-order valence-corrected chi connectivity index (χ0v) is 16.4. The van der Waals surface area contributed by atoms with Crippen molar-refractivity contribution in [2.45, 2.75) is 18.4 Å². The standard InChI is InChI=1S/C10H14I2N2O3S.ClH/c1-3-4-14(12)8-5-9(17-2)13-10(6-8)18(15,16)7-11;/h5-6H,3-4,7H2,1-2H3;1H. The van der Waals surface area contributed by atoms with Crippen molar-refractivity contribution in [3.8, 4) is 5.88 Å². The third kappa shape index (κ3) is 5.38. The molecule has 0 N–H and O–H groups in total. The first-order valence-corrected chi connectivity index (χ1v) is 9.37. The molecule has 0 spiro atoms. The van der Waals surface area contributed by atoms with Crippen LogP contribution in [0.15, 0.2) is 17.2 Å². The van der Waals surface area contributed by atoms with Gasteiger partial charge in [-0.15, -0.1) is 12.4 Å². The summed E-state index contributed by atoms with van der Waals surface area (Å²) in [6.07, 6.45) is 0.974. The Labute approximate surface area is 147 Å². The molecule has 0 atom stereocenters. The largest absolute Gasteiger partial charge is 0.481 e. The molecule has 5 nitrogen and oxygen atoms in total. The number of sulfone groups is 1. The molecule has 0 aliphatic carbocycles. The number of methoxy groups -OCH3 is 1. The van der Waals surface area contributed by atoms with Gasteiger partial charge in [-0.05, 0) is 12.5 Å². The summed E-state index contributed by atoms with van der Waals surface area (Å²) in [6.45, 7) is 2.89. The van der Waals surface area contributed by atoms with E-state index in [4.69, 9.17) is 4.74 Å². The van der Waals surface area contributed by atoms with Crippen LogP contribution < -0.4 is 7.85 Å². The molecule has 0 bridgehead atoms. The molecule has 0 aliphatic heterocycles. The number of halogens is 3. The van der Waals surface area contributed by atoms with Crippen LogP contribution in [0, 0.1) is 0 Å². The van der Waals surface area contributed by atoms with Crippen LogP contribution in [0.2, 0.25) is 0 Å². The van der Waals surface area contributed by atoms with Crippen molar-refractivity contribution in [2.75, 3.05) is 20.5 Å². The van der Waals surface area contributed by atoms with Gasteiger partial charge in [0.1, 0.15) is 3.76 Å². The van der Waals surface area contributed by atoms with E-state index in [9.17, 15) is 8.42 Å². The van der Waals surface area contributed by atoms with Crippen molar-refractivity contribution >= 4 is 73.4 Å². The van der Waals surface area contributed by atoms with Gasteiger partial charge < -0.3 is 7.85 Å². The van der Waals surface area contributed by atoms with Crippen LogP contribution in [-0.2, 0) is 9.84 Å². The van der Waals surface area contributed by atoms with E-state index in [0.29, 0.717) is 5.88 Å². The first kappa shape index (κ1) is 19.4. The highest BCUT2D eigenvalue weighted by Gasteiger charge is 2.18. The SMILES string of the molecule is CCCN(I)c1cc(OC)nc(S(=O)(=O)CI)c1.Cl. The number of nitrogens with zero attached hydrogens (tertiary/aromatic N) is 2. The lowest BCUT2D eigenvalue weighted by Crippen LogP contribution is -2.12. The number of alkyl halides is 1. The molecule has 0 radical (unpaired) electrons. The Morgan fingerprint density at radius 1 is 1.42 bits per heavy atom. The maximum absolute atomic E-state index is 11.9. The molecule has 19 heavy (non-hydrogen) atoms. The van der Waals surface area contributed by atoms with Crippen molar-refractivity contribution in [3.63, 3.8) is 0 Å². The average Bonchev–Trinajstić information content (AvgIpc) is 2.38. The Morgan fingerprint density at radius 3 is 2.53 bits per heavy atom. The van der Waals surface area contributed by atoms with E-state index in [0.717, 1.165) is 18.7 Å². The van der Waals surface area contributed by atoms with Gasteiger partial charge in [0.2, 0.25) is 15.7 Å². The van der Waals surface area contributed by atoms with Gasteiger partial charge in [-0.1, -0.05) is 29.5 Å². The second-order valence-electron chi connectivity index (χ2n) is 3.52. The van der Waals surface area contributed by atoms with Crippen LogP contribution in [0.3, 0.4) is 0 Å². The van der Waals surface area contributed by atoms with Gasteiger partial charge in [0, 0.05) is 12.6 Å². The summed E-state index contributed by atoms with van der Waals surface area (Å²) >= 11 is 3.97. The van der Waals surface area contributed by atoms with Crippen molar-refractivity contribution in [1.82, 2.24) is 4.98 Å². The number of aromatic nitrogens is 1. The van der Waals surface area contributed by atoms with Crippen LogP contribution in [0.25, 0.3) is 0 Å². The summed E-state index contributed by atoms with van der Waals surface area (Å²) in [5.74, 6) is 0.314. The number of rotatable bonds is 6. The van der Waals surface area contributed by atoms with E-state index in [1.807, 2.05) is 25.7 Å². The molecule has 0 saturated carbocycles. The third-order valence-electron chi connectivity index (χ3n) is 2.13. The van der Waals surface area contributed by atoms with E-state index in [1.54, 1.807) is 12.1 Å². The molecule has 9 heteroatoms. The van der Waals surface area contributed by atoms with Crippen molar-refractivity contribution in [2.24, 2.45) is 0 Å². The fraction of sp³-hybridized carbons (Fsp3) is 0.500. The molecule has 1 rings (SSSR count). The van der Waals surface area contributed by atoms with Crippen molar-refractivity contribution in [1.29, 1.82) is 0 Å². The average molecular weight is 533 g/mol. The zero-order chi connectivity index (χ0) is 13.8. The summed E-state index contributed by atoms with van der Waals surface area (Å²) < 4.78 is 30.7. The normalized spacial score (nSPS) is 10.7. The predicted molar refractivity (Wildman–Crippen MR) is 95.8 cm³/mol. The van der Waals surface area contributed by atoms with Crippen LogP contribution in [-0.4, -0.2) is 30.8 Å². The highest BCUT2D eigenvalue weighted by atomic mass is 127. The van der Waals surface area contributed by atoms with E-state index in [2.05, 4.69) is 34.8 Å². The molecule has 0 aliphatic rings. The fourth-order valence-corrected chi connectivity index (χ4v) is 3.61. The summed E-state index contributed by atoms with van der Waals surface area (Å²) in [5, 5.41) is 0.0593.